The first kappa shape index (κ1) is 19.6. The number of amides is 1. The second kappa shape index (κ2) is 8.71. The number of halogens is 1. The van der Waals surface area contributed by atoms with Gasteiger partial charge in [-0.3, -0.25) is 14.5 Å². The molecular weight excluding hydrogens is 378 g/mol. The fourth-order valence-electron chi connectivity index (χ4n) is 3.01. The number of aromatic nitrogens is 2. The van der Waals surface area contributed by atoms with Crippen molar-refractivity contribution in [2.45, 2.75) is 12.8 Å². The van der Waals surface area contributed by atoms with Gasteiger partial charge in [0.2, 0.25) is 5.91 Å². The lowest BCUT2D eigenvalue weighted by Crippen LogP contribution is -2.35. The van der Waals surface area contributed by atoms with Gasteiger partial charge in [-0.05, 0) is 24.1 Å². The number of para-hydroxylation sites is 1. The maximum absolute atomic E-state index is 13.0. The number of carbonyl (C=O) groups excluding carboxylic acids is 1. The summed E-state index contributed by atoms with van der Waals surface area (Å²) in [5.41, 5.74) is 1.61. The van der Waals surface area contributed by atoms with Gasteiger partial charge in [0.1, 0.15) is 0 Å². The second-order valence-electron chi connectivity index (χ2n) is 6.45. The first-order chi connectivity index (χ1) is 13.5. The Bertz CT molecular complexity index is 972. The molecule has 0 bridgehead atoms. The van der Waals surface area contributed by atoms with E-state index in [0.717, 1.165) is 5.56 Å². The molecule has 6 nitrogen and oxygen atoms in total. The van der Waals surface area contributed by atoms with Crippen LogP contribution in [-0.4, -0.2) is 33.8 Å². The van der Waals surface area contributed by atoms with E-state index in [2.05, 4.69) is 5.10 Å². The Labute approximate surface area is 168 Å². The minimum absolute atomic E-state index is 0.247. The SMILES string of the molecule is CN(C(=O)[C@@H](CC(=O)O)Cc1ccccc1)c1ccn(-c2ccccc2Cl)n1. The zero-order valence-corrected chi connectivity index (χ0v) is 16.1. The Hall–Kier alpha value is -3.12. The molecule has 0 radical (unpaired) electrons. The highest BCUT2D eigenvalue weighted by atomic mass is 35.5. The van der Waals surface area contributed by atoms with E-state index in [1.165, 1.54) is 4.90 Å². The molecule has 1 amide bonds. The molecule has 7 heteroatoms. The number of carboxylic acid groups (broad SMARTS) is 1. The maximum Gasteiger partial charge on any atom is 0.304 e. The van der Waals surface area contributed by atoms with Crippen molar-refractivity contribution in [3.63, 3.8) is 0 Å². The first-order valence-electron chi connectivity index (χ1n) is 8.79. The average molecular weight is 398 g/mol. The molecule has 28 heavy (non-hydrogen) atoms. The van der Waals surface area contributed by atoms with Crippen molar-refractivity contribution >= 4 is 29.3 Å². The zero-order valence-electron chi connectivity index (χ0n) is 15.3. The summed E-state index contributed by atoms with van der Waals surface area (Å²) in [4.78, 5) is 25.7. The lowest BCUT2D eigenvalue weighted by molar-refractivity contribution is -0.140. The van der Waals surface area contributed by atoms with E-state index in [-0.39, 0.29) is 12.3 Å². The zero-order chi connectivity index (χ0) is 20.1. The molecule has 0 unspecified atom stereocenters. The predicted octanol–water partition coefficient (Wildman–Crippen LogP) is 3.82. The molecule has 1 heterocycles. The van der Waals surface area contributed by atoms with Crippen LogP contribution in [0.2, 0.25) is 5.02 Å². The minimum atomic E-state index is -1.01. The van der Waals surface area contributed by atoms with Crippen molar-refractivity contribution in [2.24, 2.45) is 5.92 Å². The lowest BCUT2D eigenvalue weighted by Gasteiger charge is -2.21. The highest BCUT2D eigenvalue weighted by Gasteiger charge is 2.27. The largest absolute Gasteiger partial charge is 0.481 e. The third-order valence-electron chi connectivity index (χ3n) is 4.44. The third kappa shape index (κ3) is 4.58. The van der Waals surface area contributed by atoms with Gasteiger partial charge in [0.15, 0.2) is 5.82 Å². The first-order valence-corrected chi connectivity index (χ1v) is 9.17. The second-order valence-corrected chi connectivity index (χ2v) is 6.86. The molecule has 0 aliphatic carbocycles. The Morgan fingerprint density at radius 2 is 1.79 bits per heavy atom. The van der Waals surface area contributed by atoms with E-state index >= 15 is 0 Å². The Balaban J connectivity index is 1.81. The molecular formula is C21H20ClN3O3. The molecule has 2 aromatic carbocycles. The number of hydrogen-bond donors (Lipinski definition) is 1. The molecule has 144 valence electrons. The molecule has 3 aromatic rings. The maximum atomic E-state index is 13.0. The van der Waals surface area contributed by atoms with Crippen LogP contribution in [0.25, 0.3) is 5.69 Å². The summed E-state index contributed by atoms with van der Waals surface area (Å²) in [6.07, 6.45) is 1.81. The molecule has 1 aromatic heterocycles. The average Bonchev–Trinajstić information content (AvgIpc) is 3.17. The van der Waals surface area contributed by atoms with Crippen LogP contribution < -0.4 is 4.90 Å². The number of benzene rings is 2. The van der Waals surface area contributed by atoms with Crippen molar-refractivity contribution in [2.75, 3.05) is 11.9 Å². The van der Waals surface area contributed by atoms with Gasteiger partial charge >= 0.3 is 5.97 Å². The lowest BCUT2D eigenvalue weighted by atomic mass is 9.95. The summed E-state index contributed by atoms with van der Waals surface area (Å²) < 4.78 is 1.59. The van der Waals surface area contributed by atoms with E-state index in [0.29, 0.717) is 22.9 Å². The minimum Gasteiger partial charge on any atom is -0.481 e. The van der Waals surface area contributed by atoms with Gasteiger partial charge < -0.3 is 5.11 Å². The molecule has 0 fully saturated rings. The van der Waals surface area contributed by atoms with E-state index in [1.54, 1.807) is 30.1 Å². The van der Waals surface area contributed by atoms with Crippen molar-refractivity contribution in [3.8, 4) is 5.69 Å². The van der Waals surface area contributed by atoms with E-state index in [9.17, 15) is 14.7 Å². The number of hydrogen-bond acceptors (Lipinski definition) is 3. The van der Waals surface area contributed by atoms with Gasteiger partial charge in [0, 0.05) is 19.3 Å². The summed E-state index contributed by atoms with van der Waals surface area (Å²) in [5.74, 6) is -1.57. The highest BCUT2D eigenvalue weighted by Crippen LogP contribution is 2.23. The van der Waals surface area contributed by atoms with Crippen LogP contribution in [0, 0.1) is 5.92 Å². The van der Waals surface area contributed by atoms with Crippen LogP contribution in [0.5, 0.6) is 0 Å². The highest BCUT2D eigenvalue weighted by molar-refractivity contribution is 6.32. The molecule has 0 aliphatic heterocycles. The fourth-order valence-corrected chi connectivity index (χ4v) is 3.23. The molecule has 1 atom stereocenters. The normalized spacial score (nSPS) is 11.8. The van der Waals surface area contributed by atoms with Crippen molar-refractivity contribution < 1.29 is 14.7 Å². The number of carboxylic acids is 1. The number of carbonyl (C=O) groups is 2. The summed E-state index contributed by atoms with van der Waals surface area (Å²) in [6.45, 7) is 0. The van der Waals surface area contributed by atoms with Crippen LogP contribution in [-0.2, 0) is 16.0 Å². The van der Waals surface area contributed by atoms with Crippen molar-refractivity contribution in [1.82, 2.24) is 9.78 Å². The summed E-state index contributed by atoms with van der Waals surface area (Å²) >= 11 is 6.20. The van der Waals surface area contributed by atoms with E-state index in [1.807, 2.05) is 48.5 Å². The summed E-state index contributed by atoms with van der Waals surface area (Å²) in [7, 11) is 1.60. The standard InChI is InChI=1S/C21H20ClN3O3/c1-24(19-11-12-25(23-19)18-10-6-5-9-17(18)22)21(28)16(14-20(26)27)13-15-7-3-2-4-8-15/h2-12,16H,13-14H2,1H3,(H,26,27)/t16-/m1/s1. The van der Waals surface area contributed by atoms with Gasteiger partial charge in [-0.2, -0.15) is 0 Å². The number of aliphatic carboxylic acids is 1. The number of rotatable bonds is 7. The van der Waals surface area contributed by atoms with Crippen molar-refractivity contribution in [1.29, 1.82) is 0 Å². The van der Waals surface area contributed by atoms with Crippen molar-refractivity contribution in [3.05, 3.63) is 77.4 Å². The molecule has 0 saturated heterocycles. The predicted molar refractivity (Wildman–Crippen MR) is 108 cm³/mol. The van der Waals surface area contributed by atoms with Gasteiger partial charge in [-0.1, -0.05) is 54.1 Å². The quantitative estimate of drug-likeness (QED) is 0.657. The Morgan fingerprint density at radius 1 is 1.11 bits per heavy atom. The Morgan fingerprint density at radius 3 is 2.46 bits per heavy atom. The number of nitrogens with zero attached hydrogens (tertiary/aromatic N) is 3. The monoisotopic (exact) mass is 397 g/mol. The van der Waals surface area contributed by atoms with E-state index < -0.39 is 11.9 Å². The van der Waals surface area contributed by atoms with Gasteiger partial charge in [-0.25, -0.2) is 4.68 Å². The van der Waals surface area contributed by atoms with Crippen LogP contribution in [0.1, 0.15) is 12.0 Å². The molecule has 1 N–H and O–H groups in total. The summed E-state index contributed by atoms with van der Waals surface area (Å²) in [6, 6.07) is 18.3. The summed E-state index contributed by atoms with van der Waals surface area (Å²) in [5, 5.41) is 14.2. The van der Waals surface area contributed by atoms with E-state index in [4.69, 9.17) is 11.6 Å². The fraction of sp³-hybridized carbons (Fsp3) is 0.190. The van der Waals surface area contributed by atoms with Gasteiger partial charge in [0.05, 0.1) is 23.0 Å². The van der Waals surface area contributed by atoms with Crippen LogP contribution in [0.15, 0.2) is 66.9 Å². The number of anilines is 1. The molecule has 3 rings (SSSR count). The topological polar surface area (TPSA) is 75.4 Å². The molecule has 0 saturated carbocycles. The van der Waals surface area contributed by atoms with Crippen LogP contribution in [0.4, 0.5) is 5.82 Å². The van der Waals surface area contributed by atoms with Gasteiger partial charge in [0.25, 0.3) is 0 Å². The third-order valence-corrected chi connectivity index (χ3v) is 4.76. The van der Waals surface area contributed by atoms with Gasteiger partial charge in [-0.15, -0.1) is 5.10 Å². The molecule has 0 aliphatic rings. The Kier molecular flexibility index (Phi) is 6.11. The van der Waals surface area contributed by atoms with Crippen LogP contribution in [0.3, 0.4) is 0 Å². The smallest absolute Gasteiger partial charge is 0.304 e. The molecule has 0 spiro atoms. The van der Waals surface area contributed by atoms with Crippen LogP contribution >= 0.6 is 11.6 Å².